The maximum atomic E-state index is 9.59. The Morgan fingerprint density at radius 3 is 1.69 bits per heavy atom. The lowest BCUT2D eigenvalue weighted by Crippen LogP contribution is -2.61. The first-order valence-corrected chi connectivity index (χ1v) is 27.6. The SMILES string of the molecule is [2H]c1c([2H])c([2H])c(-c2cc3c4c(c2)N(c2c(C)cc(C(C)(C)C)cc2C)c2cc5c(cc2B4c2c(sc4cc6c(cc24)C2(C)CCC6(C)C2)N3c2ccc3c(c2)C(C)(C)CCC3(C)C)C(C)(C)CCC5(C)C)c([2H])c1[2H]. The van der Waals surface area contributed by atoms with Gasteiger partial charge in [-0.25, -0.2) is 0 Å². The molecule has 2 aliphatic heterocycles. The number of benzene rings is 6. The van der Waals surface area contributed by atoms with Gasteiger partial charge in [0.1, 0.15) is 0 Å². The largest absolute Gasteiger partial charge is 0.311 e. The van der Waals surface area contributed by atoms with Crippen molar-refractivity contribution in [3.63, 3.8) is 0 Å². The van der Waals surface area contributed by atoms with E-state index in [1.54, 1.807) is 0 Å². The highest BCUT2D eigenvalue weighted by Crippen LogP contribution is 2.62. The van der Waals surface area contributed by atoms with E-state index in [0.29, 0.717) is 5.56 Å². The quantitative estimate of drug-likeness (QED) is 0.163. The minimum atomic E-state index is -0.381. The molecule has 362 valence electrons. The number of aryl methyl sites for hydroxylation is 2. The molecule has 0 N–H and O–H groups in total. The van der Waals surface area contributed by atoms with E-state index in [1.165, 1.54) is 101 Å². The van der Waals surface area contributed by atoms with Crippen molar-refractivity contribution in [2.24, 2.45) is 0 Å². The average Bonchev–Trinajstić information content (AvgIpc) is 4.13. The van der Waals surface area contributed by atoms with Crippen LogP contribution in [-0.2, 0) is 37.9 Å². The summed E-state index contributed by atoms with van der Waals surface area (Å²) in [5, 5.41) is 2.55. The lowest BCUT2D eigenvalue weighted by Gasteiger charge is -2.48. The van der Waals surface area contributed by atoms with Gasteiger partial charge in [-0.1, -0.05) is 144 Å². The number of thiophene rings is 1. The van der Waals surface area contributed by atoms with E-state index in [0.717, 1.165) is 54.1 Å². The first kappa shape index (κ1) is 40.4. The van der Waals surface area contributed by atoms with Crippen LogP contribution in [0, 0.1) is 13.8 Å². The van der Waals surface area contributed by atoms with Crippen LogP contribution in [-0.4, -0.2) is 6.71 Å². The molecule has 0 radical (unpaired) electrons. The van der Waals surface area contributed by atoms with Crippen LogP contribution in [0.15, 0.2) is 96.9 Å². The van der Waals surface area contributed by atoms with E-state index < -0.39 is 0 Å². The van der Waals surface area contributed by atoms with Crippen molar-refractivity contribution in [1.82, 2.24) is 0 Å². The Kier molecular flexibility index (Phi) is 8.18. The smallest absolute Gasteiger partial charge is 0.254 e. The maximum Gasteiger partial charge on any atom is 0.254 e. The van der Waals surface area contributed by atoms with E-state index in [9.17, 15) is 2.74 Å². The molecule has 4 aliphatic carbocycles. The van der Waals surface area contributed by atoms with Crippen LogP contribution in [0.1, 0.15) is 192 Å². The zero-order chi connectivity index (χ0) is 54.3. The van der Waals surface area contributed by atoms with Crippen LogP contribution in [0.3, 0.4) is 0 Å². The molecule has 3 heterocycles. The third-order valence-electron chi connectivity index (χ3n) is 19.6. The molecule has 71 heavy (non-hydrogen) atoms. The van der Waals surface area contributed by atoms with Crippen LogP contribution in [0.25, 0.3) is 21.2 Å². The monoisotopic (exact) mass is 956 g/mol. The lowest BCUT2D eigenvalue weighted by atomic mass is 9.33. The Morgan fingerprint density at radius 2 is 1.08 bits per heavy atom. The van der Waals surface area contributed by atoms with Crippen LogP contribution in [0.4, 0.5) is 33.4 Å². The molecule has 1 saturated carbocycles. The molecule has 2 unspecified atom stereocenters. The van der Waals surface area contributed by atoms with Crippen molar-refractivity contribution < 1.29 is 6.85 Å². The number of fused-ring (bicyclic) bond motifs is 13. The molecule has 2 atom stereocenters. The van der Waals surface area contributed by atoms with Gasteiger partial charge in [0.05, 0.1) is 17.5 Å². The summed E-state index contributed by atoms with van der Waals surface area (Å²) in [5.41, 5.74) is 22.4. The molecule has 2 nitrogen and oxygen atoms in total. The highest BCUT2D eigenvalue weighted by atomic mass is 32.1. The Morgan fingerprint density at radius 1 is 0.535 bits per heavy atom. The number of rotatable bonds is 3. The summed E-state index contributed by atoms with van der Waals surface area (Å²) in [6.45, 7) is 35.6. The second-order valence-corrected chi connectivity index (χ2v) is 28.5. The highest BCUT2D eigenvalue weighted by Gasteiger charge is 2.54. The summed E-state index contributed by atoms with van der Waals surface area (Å²) < 4.78 is 47.3. The van der Waals surface area contributed by atoms with Gasteiger partial charge in [-0.3, -0.25) is 0 Å². The van der Waals surface area contributed by atoms with Crippen LogP contribution in [0.5, 0.6) is 0 Å². The van der Waals surface area contributed by atoms with Crippen molar-refractivity contribution in [3.8, 4) is 11.1 Å². The van der Waals surface area contributed by atoms with Crippen molar-refractivity contribution in [3.05, 3.63) is 147 Å². The lowest BCUT2D eigenvalue weighted by molar-refractivity contribution is 0.332. The van der Waals surface area contributed by atoms with Crippen LogP contribution < -0.4 is 26.2 Å². The molecule has 4 heteroatoms. The summed E-state index contributed by atoms with van der Waals surface area (Å²) in [5.74, 6) is 0. The second-order valence-electron chi connectivity index (χ2n) is 27.5. The zero-order valence-electron chi connectivity index (χ0n) is 50.2. The molecule has 6 aromatic carbocycles. The molecule has 1 fully saturated rings. The van der Waals surface area contributed by atoms with E-state index in [-0.39, 0.29) is 80.4 Å². The predicted octanol–water partition coefficient (Wildman–Crippen LogP) is 17.0. The number of anilines is 6. The summed E-state index contributed by atoms with van der Waals surface area (Å²) >= 11 is 1.92. The van der Waals surface area contributed by atoms with Gasteiger partial charge >= 0.3 is 0 Å². The van der Waals surface area contributed by atoms with Gasteiger partial charge in [0.2, 0.25) is 0 Å². The van der Waals surface area contributed by atoms with Gasteiger partial charge in [0.25, 0.3) is 6.71 Å². The van der Waals surface area contributed by atoms with E-state index in [4.69, 9.17) is 4.11 Å². The minimum absolute atomic E-state index is 0.0231. The Bertz CT molecular complexity index is 3730. The summed E-state index contributed by atoms with van der Waals surface area (Å²) in [6, 6.07) is 25.4. The van der Waals surface area contributed by atoms with Gasteiger partial charge in [-0.05, 0) is 222 Å². The molecular formula is C67H75BN2S. The second kappa shape index (κ2) is 14.4. The summed E-state index contributed by atoms with van der Waals surface area (Å²) in [6.07, 6.45) is 8.02. The first-order valence-electron chi connectivity index (χ1n) is 29.3. The average molecular weight is 956 g/mol. The van der Waals surface area contributed by atoms with Gasteiger partial charge in [0.15, 0.2) is 0 Å². The number of nitrogens with zero attached hydrogens (tertiary/aromatic N) is 2. The van der Waals surface area contributed by atoms with Gasteiger partial charge < -0.3 is 9.80 Å². The summed E-state index contributed by atoms with van der Waals surface area (Å²) in [4.78, 5) is 5.10. The number of hydrogen-bond acceptors (Lipinski definition) is 3. The molecule has 6 aliphatic rings. The molecule has 13 rings (SSSR count). The van der Waals surface area contributed by atoms with Crippen molar-refractivity contribution in [2.45, 2.75) is 187 Å². The molecular weight excluding hydrogens is 876 g/mol. The van der Waals surface area contributed by atoms with Crippen LogP contribution in [0.2, 0.25) is 0 Å². The van der Waals surface area contributed by atoms with Gasteiger partial charge in [0, 0.05) is 27.4 Å². The fraction of sp³-hybridized carbons (Fsp3) is 0.433. The Hall–Kier alpha value is -5.06. The molecule has 0 saturated heterocycles. The van der Waals surface area contributed by atoms with E-state index in [1.807, 2.05) is 11.3 Å². The van der Waals surface area contributed by atoms with E-state index >= 15 is 0 Å². The van der Waals surface area contributed by atoms with Crippen molar-refractivity contribution in [2.75, 3.05) is 9.80 Å². The Balaban J connectivity index is 1.23. The fourth-order valence-electron chi connectivity index (χ4n) is 15.2. The van der Waals surface area contributed by atoms with Crippen molar-refractivity contribution in [1.29, 1.82) is 0 Å². The summed E-state index contributed by atoms with van der Waals surface area (Å²) in [7, 11) is 0. The molecule has 2 bridgehead atoms. The highest BCUT2D eigenvalue weighted by molar-refractivity contribution is 7.26. The molecule has 1 aromatic heterocycles. The maximum absolute atomic E-state index is 9.59. The number of hydrogen-bond donors (Lipinski definition) is 0. The third kappa shape index (κ3) is 6.37. The van der Waals surface area contributed by atoms with Crippen LogP contribution >= 0.6 is 11.3 Å². The Labute approximate surface area is 437 Å². The van der Waals surface area contributed by atoms with Gasteiger partial charge in [-0.2, -0.15) is 0 Å². The fourth-order valence-corrected chi connectivity index (χ4v) is 16.5. The predicted molar refractivity (Wildman–Crippen MR) is 309 cm³/mol. The topological polar surface area (TPSA) is 6.48 Å². The van der Waals surface area contributed by atoms with Gasteiger partial charge in [-0.15, -0.1) is 11.3 Å². The minimum Gasteiger partial charge on any atom is -0.311 e. The standard InChI is InChI=1S/C67H75BN2S/c1-39-29-43(61(3,4)5)30-40(2)59(39)70-53-36-49-48(64(10,11)25-26-65(49,12)13)35-52(53)68-57-45-34-50-51(67(15)28-27-66(50,14)38-67)37-56(45)71-60(57)69(44-21-22-46-47(33-44)63(8,9)24-23-62(46,6)7)54-31-42(32-55(70)58(54)68)41-19-17-16-18-20-41/h16-22,29-37H,23-28,38H2,1-15H3/i16D,17D,18D,19D,20D. The molecule has 0 amide bonds. The molecule has 7 aromatic rings. The first-order chi connectivity index (χ1) is 35.4. The third-order valence-corrected chi connectivity index (χ3v) is 20.7. The normalized spacial score (nSPS) is 24.5. The van der Waals surface area contributed by atoms with Crippen molar-refractivity contribution >= 4 is 78.0 Å². The zero-order valence-corrected chi connectivity index (χ0v) is 46.0. The van der Waals surface area contributed by atoms with E-state index in [2.05, 4.69) is 180 Å². The molecule has 0 spiro atoms.